The van der Waals surface area contributed by atoms with Crippen molar-refractivity contribution >= 4 is 17.4 Å². The quantitative estimate of drug-likeness (QED) is 0.747. The molecular weight excluding hydrogens is 319 g/mol. The van der Waals surface area contributed by atoms with E-state index in [9.17, 15) is 9.18 Å². The first-order valence-corrected chi connectivity index (χ1v) is 7.79. The highest BCUT2D eigenvalue weighted by molar-refractivity contribution is 5.92. The summed E-state index contributed by atoms with van der Waals surface area (Å²) in [6.07, 6.45) is 2.75. The molecule has 3 aromatic rings. The van der Waals surface area contributed by atoms with Gasteiger partial charge in [0.15, 0.2) is 0 Å². The second-order valence-corrected chi connectivity index (χ2v) is 5.56. The molecule has 126 valence electrons. The van der Waals surface area contributed by atoms with Crippen molar-refractivity contribution in [2.75, 3.05) is 5.32 Å². The van der Waals surface area contributed by atoms with Crippen molar-refractivity contribution in [3.8, 4) is 0 Å². The number of halogens is 1. The molecule has 6 heteroatoms. The summed E-state index contributed by atoms with van der Waals surface area (Å²) in [4.78, 5) is 20.3. The largest absolute Gasteiger partial charge is 0.347 e. The van der Waals surface area contributed by atoms with Crippen LogP contribution in [0.1, 0.15) is 21.6 Å². The maximum Gasteiger partial charge on any atom is 0.271 e. The van der Waals surface area contributed by atoms with Crippen molar-refractivity contribution in [3.05, 3.63) is 83.6 Å². The number of nitrogens with zero attached hydrogens (tertiary/aromatic N) is 2. The zero-order valence-corrected chi connectivity index (χ0v) is 13.7. The summed E-state index contributed by atoms with van der Waals surface area (Å²) in [7, 11) is 0. The van der Waals surface area contributed by atoms with E-state index in [4.69, 9.17) is 0 Å². The van der Waals surface area contributed by atoms with Crippen LogP contribution in [0.4, 0.5) is 15.9 Å². The summed E-state index contributed by atoms with van der Waals surface area (Å²) in [6, 6.07) is 14.2. The van der Waals surface area contributed by atoms with Crippen molar-refractivity contribution in [1.29, 1.82) is 0 Å². The summed E-state index contributed by atoms with van der Waals surface area (Å²) in [5.41, 5.74) is 2.67. The fourth-order valence-corrected chi connectivity index (χ4v) is 2.19. The van der Waals surface area contributed by atoms with Gasteiger partial charge in [0.25, 0.3) is 5.91 Å². The van der Waals surface area contributed by atoms with Crippen molar-refractivity contribution in [3.63, 3.8) is 0 Å². The second-order valence-electron chi connectivity index (χ2n) is 5.56. The Bertz CT molecular complexity index is 863. The molecule has 0 aliphatic carbocycles. The van der Waals surface area contributed by atoms with Crippen LogP contribution in [0.3, 0.4) is 0 Å². The molecule has 0 unspecified atom stereocenters. The first-order valence-electron chi connectivity index (χ1n) is 7.79. The van der Waals surface area contributed by atoms with Crippen LogP contribution >= 0.6 is 0 Å². The minimum atomic E-state index is -0.385. The molecule has 0 saturated heterocycles. The molecule has 1 amide bonds. The van der Waals surface area contributed by atoms with Gasteiger partial charge in [0.05, 0.1) is 18.1 Å². The summed E-state index contributed by atoms with van der Waals surface area (Å²) >= 11 is 0. The van der Waals surface area contributed by atoms with Gasteiger partial charge < -0.3 is 10.6 Å². The van der Waals surface area contributed by atoms with E-state index in [-0.39, 0.29) is 17.4 Å². The minimum Gasteiger partial charge on any atom is -0.347 e. The Balaban J connectivity index is 1.60. The monoisotopic (exact) mass is 336 g/mol. The van der Waals surface area contributed by atoms with E-state index in [1.165, 1.54) is 24.0 Å². The highest BCUT2D eigenvalue weighted by atomic mass is 19.1. The first kappa shape index (κ1) is 16.6. The molecule has 0 aliphatic rings. The third kappa shape index (κ3) is 4.38. The van der Waals surface area contributed by atoms with E-state index in [2.05, 4.69) is 20.6 Å². The normalized spacial score (nSPS) is 10.3. The third-order valence-electron chi connectivity index (χ3n) is 3.59. The molecule has 1 aromatic heterocycles. The van der Waals surface area contributed by atoms with Crippen molar-refractivity contribution in [1.82, 2.24) is 15.3 Å². The summed E-state index contributed by atoms with van der Waals surface area (Å²) in [5.74, 6) is -0.338. The number of aromatic nitrogens is 2. The van der Waals surface area contributed by atoms with E-state index in [1.54, 1.807) is 18.2 Å². The number of benzene rings is 2. The van der Waals surface area contributed by atoms with E-state index in [1.807, 2.05) is 31.2 Å². The summed E-state index contributed by atoms with van der Waals surface area (Å²) in [6.45, 7) is 2.42. The van der Waals surface area contributed by atoms with Gasteiger partial charge in [-0.15, -0.1) is 0 Å². The molecule has 0 aliphatic heterocycles. The van der Waals surface area contributed by atoms with Crippen LogP contribution < -0.4 is 10.6 Å². The summed E-state index contributed by atoms with van der Waals surface area (Å²) < 4.78 is 13.6. The molecule has 0 spiro atoms. The van der Waals surface area contributed by atoms with Gasteiger partial charge in [0, 0.05) is 6.54 Å². The Labute approximate surface area is 145 Å². The van der Waals surface area contributed by atoms with Gasteiger partial charge in [0.2, 0.25) is 0 Å². The van der Waals surface area contributed by atoms with Gasteiger partial charge >= 0.3 is 0 Å². The number of carbonyl (C=O) groups excluding carboxylic acids is 1. The molecule has 0 bridgehead atoms. The lowest BCUT2D eigenvalue weighted by Gasteiger charge is -2.08. The van der Waals surface area contributed by atoms with Crippen molar-refractivity contribution < 1.29 is 9.18 Å². The molecular formula is C19H17FN4O. The lowest BCUT2D eigenvalue weighted by atomic mass is 10.1. The van der Waals surface area contributed by atoms with Gasteiger partial charge in [-0.3, -0.25) is 4.79 Å². The highest BCUT2D eigenvalue weighted by Crippen LogP contribution is 2.17. The molecule has 1 heterocycles. The molecule has 0 fully saturated rings. The average molecular weight is 336 g/mol. The molecule has 2 aromatic carbocycles. The Morgan fingerprint density at radius 2 is 1.80 bits per heavy atom. The molecule has 25 heavy (non-hydrogen) atoms. The number of amides is 1. The van der Waals surface area contributed by atoms with Crippen LogP contribution in [0.15, 0.2) is 60.9 Å². The number of hydrogen-bond acceptors (Lipinski definition) is 4. The zero-order valence-electron chi connectivity index (χ0n) is 13.7. The maximum atomic E-state index is 13.6. The zero-order chi connectivity index (χ0) is 17.6. The highest BCUT2D eigenvalue weighted by Gasteiger charge is 2.08. The molecule has 2 N–H and O–H groups in total. The number of aryl methyl sites for hydroxylation is 1. The van der Waals surface area contributed by atoms with Crippen LogP contribution in [0.2, 0.25) is 0 Å². The third-order valence-corrected chi connectivity index (χ3v) is 3.59. The van der Waals surface area contributed by atoms with Crippen molar-refractivity contribution in [2.24, 2.45) is 0 Å². The number of nitrogens with one attached hydrogen (secondary N) is 2. The first-order chi connectivity index (χ1) is 12.1. The van der Waals surface area contributed by atoms with Gasteiger partial charge in [0.1, 0.15) is 17.3 Å². The van der Waals surface area contributed by atoms with E-state index in [0.717, 1.165) is 5.56 Å². The fraction of sp³-hybridized carbons (Fsp3) is 0.105. The Hall–Kier alpha value is -3.28. The lowest BCUT2D eigenvalue weighted by Crippen LogP contribution is -2.24. The van der Waals surface area contributed by atoms with Gasteiger partial charge in [-0.1, -0.05) is 42.0 Å². The standard InChI is InChI=1S/C19H17FN4O/c1-13-6-8-14(9-7-13)10-23-19(25)17-11-22-18(12-21-17)24-16-5-3-2-4-15(16)20/h2-9,11-12H,10H2,1H3,(H,22,24)(H,23,25). The number of anilines is 2. The number of carbonyl (C=O) groups is 1. The van der Waals surface area contributed by atoms with E-state index >= 15 is 0 Å². The topological polar surface area (TPSA) is 66.9 Å². The maximum absolute atomic E-state index is 13.6. The number of hydrogen-bond donors (Lipinski definition) is 2. The molecule has 5 nitrogen and oxygen atoms in total. The average Bonchev–Trinajstić information content (AvgIpc) is 2.63. The Morgan fingerprint density at radius 1 is 1.04 bits per heavy atom. The molecule has 0 saturated carbocycles. The Kier molecular flexibility index (Phi) is 4.99. The lowest BCUT2D eigenvalue weighted by molar-refractivity contribution is 0.0945. The van der Waals surface area contributed by atoms with Crippen LogP contribution in [0.25, 0.3) is 0 Å². The minimum absolute atomic E-state index is 0.200. The van der Waals surface area contributed by atoms with Crippen LogP contribution in [-0.4, -0.2) is 15.9 Å². The van der Waals surface area contributed by atoms with Crippen molar-refractivity contribution in [2.45, 2.75) is 13.5 Å². The van der Waals surface area contributed by atoms with Gasteiger partial charge in [-0.2, -0.15) is 0 Å². The fourth-order valence-electron chi connectivity index (χ4n) is 2.19. The van der Waals surface area contributed by atoms with E-state index in [0.29, 0.717) is 18.1 Å². The van der Waals surface area contributed by atoms with Crippen LogP contribution in [0.5, 0.6) is 0 Å². The molecule has 0 atom stereocenters. The molecule has 3 rings (SSSR count). The van der Waals surface area contributed by atoms with Crippen LogP contribution in [-0.2, 0) is 6.54 Å². The summed E-state index contributed by atoms with van der Waals surface area (Å²) in [5, 5.41) is 5.61. The van der Waals surface area contributed by atoms with Gasteiger partial charge in [-0.25, -0.2) is 14.4 Å². The predicted molar refractivity (Wildman–Crippen MR) is 94.1 cm³/mol. The second kappa shape index (κ2) is 7.53. The van der Waals surface area contributed by atoms with Gasteiger partial charge in [-0.05, 0) is 24.6 Å². The smallest absolute Gasteiger partial charge is 0.271 e. The SMILES string of the molecule is Cc1ccc(CNC(=O)c2cnc(Nc3ccccc3F)cn2)cc1. The predicted octanol–water partition coefficient (Wildman–Crippen LogP) is 3.60. The van der Waals surface area contributed by atoms with Crippen LogP contribution in [0, 0.1) is 12.7 Å². The molecule has 0 radical (unpaired) electrons. The Morgan fingerprint density at radius 3 is 2.48 bits per heavy atom. The number of para-hydroxylation sites is 1. The number of rotatable bonds is 5. The van der Waals surface area contributed by atoms with E-state index < -0.39 is 0 Å².